The fourth-order valence-corrected chi connectivity index (χ4v) is 0.817. The number of hydrogen-bond donors (Lipinski definition) is 0. The number of ether oxygens (including phenoxy) is 1. The summed E-state index contributed by atoms with van der Waals surface area (Å²) in [5.41, 5.74) is -0.537. The number of nitriles is 1. The summed E-state index contributed by atoms with van der Waals surface area (Å²) in [5.74, 6) is -0.726. The first kappa shape index (κ1) is 11.0. The van der Waals surface area contributed by atoms with Crippen molar-refractivity contribution in [3.63, 3.8) is 0 Å². The van der Waals surface area contributed by atoms with Crippen LogP contribution in [0.1, 0.15) is 16.1 Å². The lowest BCUT2D eigenvalue weighted by molar-refractivity contribution is -0.274. The topological polar surface area (TPSA) is 63.0 Å². The minimum Gasteiger partial charge on any atom is -0.403 e. The molecule has 1 aromatic rings. The zero-order valence-electron chi connectivity index (χ0n) is 7.08. The number of pyridine rings is 1. The molecule has 0 aromatic carbocycles. The standard InChI is InChI=1S/C8H3F3N2O2/c9-8(10,11)15-7-3-13-6(4-14)1-5(7)2-12/h1,3-4H. The Morgan fingerprint density at radius 2 is 2.20 bits per heavy atom. The van der Waals surface area contributed by atoms with Crippen molar-refractivity contribution in [1.29, 1.82) is 5.26 Å². The Hall–Kier alpha value is -2.10. The van der Waals surface area contributed by atoms with Crippen LogP contribution in [-0.2, 0) is 0 Å². The van der Waals surface area contributed by atoms with Crippen LogP contribution in [0.25, 0.3) is 0 Å². The van der Waals surface area contributed by atoms with Crippen LogP contribution >= 0.6 is 0 Å². The largest absolute Gasteiger partial charge is 0.573 e. The van der Waals surface area contributed by atoms with E-state index in [1.807, 2.05) is 0 Å². The first-order valence-electron chi connectivity index (χ1n) is 3.57. The summed E-state index contributed by atoms with van der Waals surface area (Å²) in [4.78, 5) is 13.6. The number of alkyl halides is 3. The third-order valence-corrected chi connectivity index (χ3v) is 1.36. The van der Waals surface area contributed by atoms with Crippen molar-refractivity contribution in [2.24, 2.45) is 0 Å². The van der Waals surface area contributed by atoms with E-state index in [1.54, 1.807) is 0 Å². The first-order chi connectivity index (χ1) is 6.96. The molecule has 0 saturated heterocycles. The predicted molar refractivity (Wildman–Crippen MR) is 41.0 cm³/mol. The molecule has 7 heteroatoms. The van der Waals surface area contributed by atoms with Gasteiger partial charge >= 0.3 is 6.36 Å². The van der Waals surface area contributed by atoms with Crippen LogP contribution in [0.3, 0.4) is 0 Å². The minimum atomic E-state index is -4.89. The SMILES string of the molecule is N#Cc1cc(C=O)ncc1OC(F)(F)F. The van der Waals surface area contributed by atoms with E-state index in [0.717, 1.165) is 6.07 Å². The van der Waals surface area contributed by atoms with Gasteiger partial charge in [-0.3, -0.25) is 4.79 Å². The lowest BCUT2D eigenvalue weighted by atomic mass is 10.2. The van der Waals surface area contributed by atoms with Crippen LogP contribution in [0.4, 0.5) is 13.2 Å². The van der Waals surface area contributed by atoms with Gasteiger partial charge in [0.25, 0.3) is 0 Å². The summed E-state index contributed by atoms with van der Waals surface area (Å²) in [7, 11) is 0. The van der Waals surface area contributed by atoms with E-state index >= 15 is 0 Å². The molecular weight excluding hydrogens is 213 g/mol. The maximum atomic E-state index is 11.8. The molecule has 0 bridgehead atoms. The van der Waals surface area contributed by atoms with Crippen molar-refractivity contribution in [3.05, 3.63) is 23.5 Å². The minimum absolute atomic E-state index is 0.138. The smallest absolute Gasteiger partial charge is 0.403 e. The molecule has 0 unspecified atom stereocenters. The molecule has 0 aliphatic carbocycles. The Morgan fingerprint density at radius 3 is 2.67 bits per heavy atom. The van der Waals surface area contributed by atoms with E-state index in [9.17, 15) is 18.0 Å². The van der Waals surface area contributed by atoms with E-state index < -0.39 is 17.7 Å². The van der Waals surface area contributed by atoms with Gasteiger partial charge in [-0.25, -0.2) is 4.98 Å². The van der Waals surface area contributed by atoms with E-state index in [0.29, 0.717) is 12.5 Å². The quantitative estimate of drug-likeness (QED) is 0.705. The number of nitrogens with zero attached hydrogens (tertiary/aromatic N) is 2. The number of rotatable bonds is 2. The molecule has 15 heavy (non-hydrogen) atoms. The van der Waals surface area contributed by atoms with Crippen molar-refractivity contribution < 1.29 is 22.7 Å². The highest BCUT2D eigenvalue weighted by atomic mass is 19.4. The summed E-state index contributed by atoms with van der Waals surface area (Å²) >= 11 is 0. The second-order valence-corrected chi connectivity index (χ2v) is 2.38. The predicted octanol–water partition coefficient (Wildman–Crippen LogP) is 1.66. The number of aromatic nitrogens is 1. The molecular formula is C8H3F3N2O2. The third-order valence-electron chi connectivity index (χ3n) is 1.36. The second-order valence-electron chi connectivity index (χ2n) is 2.38. The molecule has 0 N–H and O–H groups in total. The maximum absolute atomic E-state index is 11.8. The van der Waals surface area contributed by atoms with E-state index in [-0.39, 0.29) is 5.69 Å². The molecule has 0 amide bonds. The molecule has 4 nitrogen and oxygen atoms in total. The van der Waals surface area contributed by atoms with Crippen LogP contribution in [-0.4, -0.2) is 17.6 Å². The molecule has 0 spiro atoms. The molecule has 0 aliphatic rings. The molecule has 0 fully saturated rings. The average molecular weight is 216 g/mol. The Bertz CT molecular complexity index is 423. The van der Waals surface area contributed by atoms with Gasteiger partial charge < -0.3 is 4.74 Å². The Morgan fingerprint density at radius 1 is 1.53 bits per heavy atom. The van der Waals surface area contributed by atoms with Crippen LogP contribution < -0.4 is 4.74 Å². The molecule has 0 aliphatic heterocycles. The fourth-order valence-electron chi connectivity index (χ4n) is 0.817. The van der Waals surface area contributed by atoms with Crippen molar-refractivity contribution in [2.45, 2.75) is 6.36 Å². The number of hydrogen-bond acceptors (Lipinski definition) is 4. The lowest BCUT2D eigenvalue weighted by Crippen LogP contribution is -2.18. The number of halogens is 3. The van der Waals surface area contributed by atoms with Crippen LogP contribution in [0, 0.1) is 11.3 Å². The first-order valence-corrected chi connectivity index (χ1v) is 3.57. The van der Waals surface area contributed by atoms with Gasteiger partial charge in [0.05, 0.1) is 11.8 Å². The highest BCUT2D eigenvalue weighted by molar-refractivity contribution is 5.73. The van der Waals surface area contributed by atoms with Gasteiger partial charge in [0.2, 0.25) is 0 Å². The number of carbonyl (C=O) groups is 1. The molecule has 0 atom stereocenters. The van der Waals surface area contributed by atoms with Crippen LogP contribution in [0.15, 0.2) is 12.3 Å². The summed E-state index contributed by atoms with van der Waals surface area (Å²) in [6.07, 6.45) is -3.90. The van der Waals surface area contributed by atoms with Gasteiger partial charge in [-0.1, -0.05) is 0 Å². The lowest BCUT2D eigenvalue weighted by Gasteiger charge is -2.09. The normalized spacial score (nSPS) is 10.5. The van der Waals surface area contributed by atoms with E-state index in [4.69, 9.17) is 5.26 Å². The third kappa shape index (κ3) is 2.95. The molecule has 1 rings (SSSR count). The molecule has 1 aromatic heterocycles. The molecule has 78 valence electrons. The monoisotopic (exact) mass is 216 g/mol. The van der Waals surface area contributed by atoms with Gasteiger partial charge in [-0.2, -0.15) is 5.26 Å². The van der Waals surface area contributed by atoms with Gasteiger partial charge in [0.15, 0.2) is 12.0 Å². The summed E-state index contributed by atoms with van der Waals surface area (Å²) in [6.45, 7) is 0. The van der Waals surface area contributed by atoms with Gasteiger partial charge in [-0.15, -0.1) is 13.2 Å². The summed E-state index contributed by atoms with van der Waals surface area (Å²) in [5, 5.41) is 8.49. The van der Waals surface area contributed by atoms with Crippen molar-refractivity contribution in [1.82, 2.24) is 4.98 Å². The number of carbonyl (C=O) groups excluding carboxylic acids is 1. The van der Waals surface area contributed by atoms with Crippen LogP contribution in [0.2, 0.25) is 0 Å². The zero-order valence-corrected chi connectivity index (χ0v) is 7.08. The van der Waals surface area contributed by atoms with Gasteiger partial charge in [-0.05, 0) is 6.07 Å². The van der Waals surface area contributed by atoms with E-state index in [1.165, 1.54) is 6.07 Å². The molecule has 0 radical (unpaired) electrons. The van der Waals surface area contributed by atoms with Crippen LogP contribution in [0.5, 0.6) is 5.75 Å². The Kier molecular flexibility index (Phi) is 2.90. The molecule has 0 saturated carbocycles. The highest BCUT2D eigenvalue weighted by Gasteiger charge is 2.32. The van der Waals surface area contributed by atoms with Gasteiger partial charge in [0.1, 0.15) is 11.8 Å². The Balaban J connectivity index is 3.10. The number of aldehydes is 1. The zero-order chi connectivity index (χ0) is 11.5. The Labute approximate surface area is 81.9 Å². The van der Waals surface area contributed by atoms with Crippen molar-refractivity contribution >= 4 is 6.29 Å². The van der Waals surface area contributed by atoms with Gasteiger partial charge in [0, 0.05) is 0 Å². The summed E-state index contributed by atoms with van der Waals surface area (Å²) in [6, 6.07) is 2.38. The van der Waals surface area contributed by atoms with Crippen molar-refractivity contribution in [2.75, 3.05) is 0 Å². The maximum Gasteiger partial charge on any atom is 0.573 e. The molecule has 1 heterocycles. The van der Waals surface area contributed by atoms with E-state index in [2.05, 4.69) is 9.72 Å². The fraction of sp³-hybridized carbons (Fsp3) is 0.125. The summed E-state index contributed by atoms with van der Waals surface area (Å²) < 4.78 is 39.0. The van der Waals surface area contributed by atoms with Crippen molar-refractivity contribution in [3.8, 4) is 11.8 Å². The average Bonchev–Trinajstić information content (AvgIpc) is 2.16. The second kappa shape index (κ2) is 3.96. The highest BCUT2D eigenvalue weighted by Crippen LogP contribution is 2.25.